The van der Waals surface area contributed by atoms with Crippen LogP contribution in [0.25, 0.3) is 0 Å². The number of hydrogen-bond donors (Lipinski definition) is 0. The van der Waals surface area contributed by atoms with Crippen LogP contribution >= 0.6 is 8.15 Å². The van der Waals surface area contributed by atoms with E-state index in [-0.39, 0.29) is 20.1 Å². The third kappa shape index (κ3) is 12.3. The van der Waals surface area contributed by atoms with Crippen molar-refractivity contribution in [2.75, 3.05) is 73.1 Å². The van der Waals surface area contributed by atoms with Crippen LogP contribution in [0, 0.1) is 6.07 Å². The van der Waals surface area contributed by atoms with E-state index in [1.807, 2.05) is 6.07 Å². The molecule has 0 aromatic heterocycles. The molecule has 1 radical (unpaired) electrons. The molecule has 1 aliphatic rings. The summed E-state index contributed by atoms with van der Waals surface area (Å²) in [7, 11) is 1.05. The van der Waals surface area contributed by atoms with Crippen molar-refractivity contribution in [3.05, 3.63) is 23.8 Å². The zero-order valence-electron chi connectivity index (χ0n) is 20.8. The summed E-state index contributed by atoms with van der Waals surface area (Å²) >= 11 is 0. The van der Waals surface area contributed by atoms with Gasteiger partial charge in [-0.25, -0.2) is 0 Å². The molecule has 33 heavy (non-hydrogen) atoms. The molecule has 0 unspecified atom stereocenters. The predicted molar refractivity (Wildman–Crippen MR) is 128 cm³/mol. The molecular formula is C24H41IrNO6P-. The van der Waals surface area contributed by atoms with E-state index in [9.17, 15) is 0 Å². The molecule has 9 heteroatoms. The Morgan fingerprint density at radius 1 is 0.848 bits per heavy atom. The average molecular weight is 663 g/mol. The van der Waals surface area contributed by atoms with Crippen LogP contribution in [0.4, 0.5) is 0 Å². The van der Waals surface area contributed by atoms with Crippen LogP contribution < -0.4 is 9.26 Å². The Morgan fingerprint density at radius 3 is 1.79 bits per heavy atom. The van der Waals surface area contributed by atoms with Gasteiger partial charge < -0.3 is 28.2 Å². The molecule has 1 fully saturated rings. The average Bonchev–Trinajstić information content (AvgIpc) is 2.77. The van der Waals surface area contributed by atoms with Gasteiger partial charge in [0.1, 0.15) is 0 Å². The maximum Gasteiger partial charge on any atom is 0.0891 e. The quantitative estimate of drug-likeness (QED) is 0.324. The summed E-state index contributed by atoms with van der Waals surface area (Å²) in [6.07, 6.45) is 0. The molecule has 1 heterocycles. The van der Waals surface area contributed by atoms with Crippen molar-refractivity contribution < 1.29 is 48.3 Å². The Labute approximate surface area is 215 Å². The maximum absolute atomic E-state index is 6.43. The molecule has 2 rings (SSSR count). The van der Waals surface area contributed by atoms with Crippen LogP contribution in [0.3, 0.4) is 0 Å². The van der Waals surface area contributed by atoms with Crippen molar-refractivity contribution in [2.24, 2.45) is 0 Å². The smallest absolute Gasteiger partial charge is 0.0891 e. The van der Waals surface area contributed by atoms with E-state index in [0.717, 1.165) is 30.9 Å². The Kier molecular flexibility index (Phi) is 16.8. The standard InChI is InChI=1S/C24H41NO6P.Ir/c1-20(2)32(21(3)4)31-24-18-22(6-7-23(24)26-5)19-25-8-10-27-12-14-29-16-17-30-15-13-28-11-9-25;/h6-7,20-21H,8-17,19H2,1-5H3;/q-1;. The monoisotopic (exact) mass is 663 g/mol. The molecule has 1 aromatic rings. The minimum Gasteiger partial charge on any atom is -0.551 e. The first-order valence-corrected chi connectivity index (χ1v) is 13.0. The van der Waals surface area contributed by atoms with E-state index in [0.29, 0.717) is 69.9 Å². The molecule has 0 N–H and O–H groups in total. The Morgan fingerprint density at radius 2 is 1.33 bits per heavy atom. The molecule has 7 nitrogen and oxygen atoms in total. The third-order valence-corrected chi connectivity index (χ3v) is 7.41. The maximum atomic E-state index is 6.43. The summed E-state index contributed by atoms with van der Waals surface area (Å²) in [5, 5.41) is 0. The molecular weight excluding hydrogens is 621 g/mol. The Balaban J connectivity index is 0.00000544. The molecule has 0 atom stereocenters. The number of methoxy groups -OCH3 is 1. The second-order valence-corrected chi connectivity index (χ2v) is 11.2. The molecule has 0 saturated carbocycles. The summed E-state index contributed by atoms with van der Waals surface area (Å²) in [5.41, 5.74) is 1.98. The van der Waals surface area contributed by atoms with E-state index in [4.69, 9.17) is 28.2 Å². The van der Waals surface area contributed by atoms with Gasteiger partial charge in [-0.15, -0.1) is 17.7 Å². The minimum absolute atomic E-state index is 0. The van der Waals surface area contributed by atoms with Gasteiger partial charge in [0.15, 0.2) is 0 Å². The van der Waals surface area contributed by atoms with Gasteiger partial charge >= 0.3 is 0 Å². The van der Waals surface area contributed by atoms with Gasteiger partial charge in [0.2, 0.25) is 0 Å². The molecule has 0 spiro atoms. The van der Waals surface area contributed by atoms with Crippen LogP contribution in [0.1, 0.15) is 33.3 Å². The van der Waals surface area contributed by atoms with Crippen LogP contribution in [-0.4, -0.2) is 89.3 Å². The summed E-state index contributed by atoms with van der Waals surface area (Å²) in [6, 6.07) is 7.50. The van der Waals surface area contributed by atoms with Gasteiger partial charge in [0.25, 0.3) is 0 Å². The molecule has 193 valence electrons. The number of nitrogens with zero attached hydrogens (tertiary/aromatic N) is 1. The summed E-state index contributed by atoms with van der Waals surface area (Å²) in [6.45, 7) is 16.0. The van der Waals surface area contributed by atoms with Crippen molar-refractivity contribution in [3.63, 3.8) is 0 Å². The first-order chi connectivity index (χ1) is 15.5. The largest absolute Gasteiger partial charge is 0.551 e. The van der Waals surface area contributed by atoms with E-state index < -0.39 is 8.15 Å². The van der Waals surface area contributed by atoms with Gasteiger partial charge in [0, 0.05) is 56.8 Å². The minimum atomic E-state index is -0.624. The number of rotatable bonds is 7. The molecule has 1 aliphatic heterocycles. The van der Waals surface area contributed by atoms with Crippen molar-refractivity contribution in [3.8, 4) is 11.5 Å². The second kappa shape index (κ2) is 18.0. The number of hydrogen-bond acceptors (Lipinski definition) is 7. The van der Waals surface area contributed by atoms with E-state index in [1.165, 1.54) is 0 Å². The molecule has 1 aromatic carbocycles. The fourth-order valence-electron chi connectivity index (χ4n) is 3.39. The van der Waals surface area contributed by atoms with E-state index in [1.54, 1.807) is 7.11 Å². The zero-order valence-corrected chi connectivity index (χ0v) is 24.1. The summed E-state index contributed by atoms with van der Waals surface area (Å²) < 4.78 is 34.5. The van der Waals surface area contributed by atoms with Crippen molar-refractivity contribution in [1.82, 2.24) is 4.90 Å². The van der Waals surface area contributed by atoms with Crippen molar-refractivity contribution in [1.29, 1.82) is 0 Å². The SMILES string of the molecule is COc1ccc(CN2CCOCCOCCOCCOCC2)[c-]c1OP(C(C)C)C(C)C.[Ir]. The molecule has 0 aliphatic carbocycles. The zero-order chi connectivity index (χ0) is 23.2. The van der Waals surface area contributed by atoms with Crippen LogP contribution in [0.5, 0.6) is 11.5 Å². The van der Waals surface area contributed by atoms with Crippen molar-refractivity contribution in [2.45, 2.75) is 45.6 Å². The first-order valence-electron chi connectivity index (χ1n) is 11.6. The van der Waals surface area contributed by atoms with Crippen LogP contribution in [0.15, 0.2) is 12.1 Å². The number of benzene rings is 1. The van der Waals surface area contributed by atoms with Gasteiger partial charge in [-0.3, -0.25) is 4.90 Å². The normalized spacial score (nSPS) is 17.9. The second-order valence-electron chi connectivity index (χ2n) is 8.25. The van der Waals surface area contributed by atoms with Crippen LogP contribution in [-0.2, 0) is 45.6 Å². The topological polar surface area (TPSA) is 58.6 Å². The molecule has 0 bridgehead atoms. The molecule has 0 amide bonds. The van der Waals surface area contributed by atoms with Gasteiger partial charge in [-0.1, -0.05) is 27.7 Å². The van der Waals surface area contributed by atoms with Gasteiger partial charge in [-0.2, -0.15) is 6.07 Å². The molecule has 1 saturated heterocycles. The van der Waals surface area contributed by atoms with E-state index >= 15 is 0 Å². The van der Waals surface area contributed by atoms with E-state index in [2.05, 4.69) is 44.7 Å². The summed E-state index contributed by atoms with van der Waals surface area (Å²) in [4.78, 5) is 2.32. The van der Waals surface area contributed by atoms with Gasteiger partial charge in [-0.05, 0) is 0 Å². The van der Waals surface area contributed by atoms with Gasteiger partial charge in [0.05, 0.1) is 73.9 Å². The Hall–Kier alpha value is -0.301. The first kappa shape index (κ1) is 30.7. The predicted octanol–water partition coefficient (Wildman–Crippen LogP) is 3.97. The number of ether oxygens (including phenoxy) is 5. The van der Waals surface area contributed by atoms with Crippen LogP contribution in [0.2, 0.25) is 0 Å². The third-order valence-electron chi connectivity index (χ3n) is 4.98. The van der Waals surface area contributed by atoms with Crippen molar-refractivity contribution >= 4 is 8.15 Å². The fraction of sp³-hybridized carbons (Fsp3) is 0.750. The Bertz CT molecular complexity index is 613. The fourth-order valence-corrected chi connectivity index (χ4v) is 5.35. The summed E-state index contributed by atoms with van der Waals surface area (Å²) in [5.74, 6) is 1.44.